The van der Waals surface area contributed by atoms with Gasteiger partial charge in [0.2, 0.25) is 0 Å². The Morgan fingerprint density at radius 1 is 1.00 bits per heavy atom. The summed E-state index contributed by atoms with van der Waals surface area (Å²) in [6.45, 7) is 9.80. The number of Topliss-reactive ketones (excluding diaryl/α,β-unsaturated/α-hetero) is 1. The predicted octanol–water partition coefficient (Wildman–Crippen LogP) is 5.05. The fourth-order valence-corrected chi connectivity index (χ4v) is 3.36. The van der Waals surface area contributed by atoms with Crippen molar-refractivity contribution in [3.8, 4) is 0 Å². The minimum Gasteiger partial charge on any atom is -0.489 e. The molecule has 2 aromatic rings. The van der Waals surface area contributed by atoms with Gasteiger partial charge in [-0.1, -0.05) is 66.7 Å². The highest BCUT2D eigenvalue weighted by molar-refractivity contribution is 5.97. The van der Waals surface area contributed by atoms with Gasteiger partial charge in [0.05, 0.1) is 5.92 Å². The summed E-state index contributed by atoms with van der Waals surface area (Å²) >= 11 is 0. The lowest BCUT2D eigenvalue weighted by molar-refractivity contribution is -0.113. The van der Waals surface area contributed by atoms with Crippen LogP contribution in [0.3, 0.4) is 0 Å². The maximum Gasteiger partial charge on any atom is 0.159 e. The van der Waals surface area contributed by atoms with Crippen LogP contribution in [0.2, 0.25) is 0 Å². The smallest absolute Gasteiger partial charge is 0.159 e. The van der Waals surface area contributed by atoms with Crippen LogP contribution in [-0.4, -0.2) is 11.9 Å². The highest BCUT2D eigenvalue weighted by Crippen LogP contribution is 2.44. The predicted molar refractivity (Wildman–Crippen MR) is 97.7 cm³/mol. The molecule has 0 N–H and O–H groups in total. The van der Waals surface area contributed by atoms with Crippen molar-refractivity contribution in [2.45, 2.75) is 32.8 Å². The van der Waals surface area contributed by atoms with Crippen molar-refractivity contribution in [3.63, 3.8) is 0 Å². The highest BCUT2D eigenvalue weighted by Gasteiger charge is 2.40. The molecule has 2 heteroatoms. The molecule has 0 radical (unpaired) electrons. The Morgan fingerprint density at radius 3 is 2.21 bits per heavy atom. The van der Waals surface area contributed by atoms with Crippen molar-refractivity contribution in [1.29, 1.82) is 0 Å². The van der Waals surface area contributed by atoms with Gasteiger partial charge in [0.15, 0.2) is 5.78 Å². The summed E-state index contributed by atoms with van der Waals surface area (Å²) in [6, 6.07) is 18.3. The van der Waals surface area contributed by atoms with Crippen LogP contribution in [0.4, 0.5) is 0 Å². The lowest BCUT2D eigenvalue weighted by Gasteiger charge is -2.23. The number of carbonyl (C=O) groups is 1. The Bertz CT molecular complexity index is 798. The van der Waals surface area contributed by atoms with Crippen molar-refractivity contribution >= 4 is 11.4 Å². The van der Waals surface area contributed by atoms with Gasteiger partial charge in [-0.25, -0.2) is 0 Å². The summed E-state index contributed by atoms with van der Waals surface area (Å²) in [5.74, 6) is 0.646. The van der Waals surface area contributed by atoms with Crippen molar-refractivity contribution in [2.75, 3.05) is 0 Å². The quantitative estimate of drug-likeness (QED) is 0.788. The molecule has 0 spiro atoms. The molecule has 0 fully saturated rings. The Hall–Kier alpha value is -2.61. The molecule has 2 atom stereocenters. The molecule has 0 aromatic heterocycles. The Labute approximate surface area is 143 Å². The van der Waals surface area contributed by atoms with E-state index >= 15 is 0 Å². The normalized spacial score (nSPS) is 20.0. The molecule has 3 rings (SSSR count). The maximum absolute atomic E-state index is 12.2. The van der Waals surface area contributed by atoms with E-state index in [-0.39, 0.29) is 17.8 Å². The van der Waals surface area contributed by atoms with Crippen molar-refractivity contribution in [3.05, 3.63) is 89.2 Å². The van der Waals surface area contributed by atoms with Crippen LogP contribution in [0.5, 0.6) is 0 Å². The zero-order valence-electron chi connectivity index (χ0n) is 14.4. The molecule has 1 aliphatic rings. The molecule has 1 heterocycles. The molecular formula is C22H22O2. The van der Waals surface area contributed by atoms with Crippen LogP contribution < -0.4 is 0 Å². The summed E-state index contributed by atoms with van der Waals surface area (Å²) in [7, 11) is 0. The van der Waals surface area contributed by atoms with Crippen LogP contribution in [0.25, 0.3) is 5.57 Å². The highest BCUT2D eigenvalue weighted by atomic mass is 16.5. The van der Waals surface area contributed by atoms with Crippen molar-refractivity contribution in [1.82, 2.24) is 0 Å². The Kier molecular flexibility index (Phi) is 4.39. The Balaban J connectivity index is 2.04. The SMILES string of the molecule is C=C(c1ccccc1)[C@H]1OC(C)=C(C(C)=O)[C@@H]1c1ccc(C)cc1. The van der Waals surface area contributed by atoms with E-state index in [0.29, 0.717) is 5.76 Å². The third-order valence-corrected chi connectivity index (χ3v) is 4.60. The first-order valence-corrected chi connectivity index (χ1v) is 8.18. The molecule has 0 saturated carbocycles. The van der Waals surface area contributed by atoms with Crippen LogP contribution in [-0.2, 0) is 9.53 Å². The van der Waals surface area contributed by atoms with Crippen LogP contribution >= 0.6 is 0 Å². The maximum atomic E-state index is 12.2. The van der Waals surface area contributed by atoms with E-state index in [1.54, 1.807) is 6.92 Å². The van der Waals surface area contributed by atoms with Gasteiger partial charge in [0, 0.05) is 5.57 Å². The summed E-state index contributed by atoms with van der Waals surface area (Å²) < 4.78 is 6.11. The first kappa shape index (κ1) is 16.3. The fourth-order valence-electron chi connectivity index (χ4n) is 3.36. The number of ether oxygens (including phenoxy) is 1. The van der Waals surface area contributed by atoms with Crippen molar-refractivity contribution < 1.29 is 9.53 Å². The fraction of sp³-hybridized carbons (Fsp3) is 0.227. The third kappa shape index (κ3) is 2.92. The zero-order chi connectivity index (χ0) is 17.3. The lowest BCUT2D eigenvalue weighted by Crippen LogP contribution is -2.20. The average Bonchev–Trinajstić information content (AvgIpc) is 2.93. The minimum atomic E-state index is -0.256. The van der Waals surface area contributed by atoms with Gasteiger partial charge in [0.1, 0.15) is 11.9 Å². The molecule has 24 heavy (non-hydrogen) atoms. The molecule has 0 unspecified atom stereocenters. The van der Waals surface area contributed by atoms with Gasteiger partial charge in [-0.05, 0) is 37.5 Å². The summed E-state index contributed by atoms with van der Waals surface area (Å²) in [5, 5.41) is 0. The summed E-state index contributed by atoms with van der Waals surface area (Å²) in [5.41, 5.74) is 4.97. The van der Waals surface area contributed by atoms with E-state index in [4.69, 9.17) is 4.74 Å². The van der Waals surface area contributed by atoms with Gasteiger partial charge in [0.25, 0.3) is 0 Å². The molecule has 1 aliphatic heterocycles. The standard InChI is InChI=1S/C22H22O2/c1-14-10-12-19(13-11-14)21-20(16(3)23)17(4)24-22(21)15(2)18-8-6-5-7-9-18/h5-13,21-22H,2H2,1,3-4H3/t21-,22+/m0/s1. The lowest BCUT2D eigenvalue weighted by atomic mass is 9.81. The summed E-state index contributed by atoms with van der Waals surface area (Å²) in [6.07, 6.45) is -0.256. The van der Waals surface area contributed by atoms with Crippen LogP contribution in [0, 0.1) is 6.92 Å². The zero-order valence-corrected chi connectivity index (χ0v) is 14.4. The Morgan fingerprint density at radius 2 is 1.62 bits per heavy atom. The number of aryl methyl sites for hydroxylation is 1. The van der Waals surface area contributed by atoms with E-state index in [1.165, 1.54) is 5.56 Å². The molecule has 122 valence electrons. The molecule has 0 amide bonds. The van der Waals surface area contributed by atoms with Gasteiger partial charge in [-0.2, -0.15) is 0 Å². The molecular weight excluding hydrogens is 296 g/mol. The van der Waals surface area contributed by atoms with E-state index in [1.807, 2.05) is 37.3 Å². The summed E-state index contributed by atoms with van der Waals surface area (Å²) in [4.78, 5) is 12.2. The largest absolute Gasteiger partial charge is 0.489 e. The molecule has 2 nitrogen and oxygen atoms in total. The van der Waals surface area contributed by atoms with Crippen molar-refractivity contribution in [2.24, 2.45) is 0 Å². The minimum absolute atomic E-state index is 0.0569. The second kappa shape index (κ2) is 6.48. The average molecular weight is 318 g/mol. The number of carbonyl (C=O) groups excluding carboxylic acids is 1. The number of hydrogen-bond donors (Lipinski definition) is 0. The topological polar surface area (TPSA) is 26.3 Å². The van der Waals surface area contributed by atoms with E-state index in [2.05, 4.69) is 37.8 Å². The van der Waals surface area contributed by atoms with E-state index in [0.717, 1.165) is 22.3 Å². The number of hydrogen-bond acceptors (Lipinski definition) is 2. The second-order valence-electron chi connectivity index (χ2n) is 6.34. The number of allylic oxidation sites excluding steroid dienone is 1. The molecule has 0 saturated heterocycles. The van der Waals surface area contributed by atoms with Crippen LogP contribution in [0.1, 0.15) is 36.5 Å². The monoisotopic (exact) mass is 318 g/mol. The van der Waals surface area contributed by atoms with Gasteiger partial charge < -0.3 is 4.74 Å². The number of benzene rings is 2. The van der Waals surface area contributed by atoms with E-state index in [9.17, 15) is 4.79 Å². The number of rotatable bonds is 4. The van der Waals surface area contributed by atoms with Gasteiger partial charge >= 0.3 is 0 Å². The molecule has 2 aromatic carbocycles. The van der Waals surface area contributed by atoms with Gasteiger partial charge in [-0.3, -0.25) is 4.79 Å². The first-order valence-electron chi connectivity index (χ1n) is 8.18. The molecule has 0 aliphatic carbocycles. The van der Waals surface area contributed by atoms with Crippen LogP contribution in [0.15, 0.2) is 72.5 Å². The van der Waals surface area contributed by atoms with Gasteiger partial charge in [-0.15, -0.1) is 0 Å². The number of ketones is 1. The van der Waals surface area contributed by atoms with E-state index < -0.39 is 0 Å². The third-order valence-electron chi connectivity index (χ3n) is 4.60. The molecule has 0 bridgehead atoms. The first-order chi connectivity index (χ1) is 11.5. The second-order valence-corrected chi connectivity index (χ2v) is 6.34.